The molecule has 0 unspecified atom stereocenters. The number of rotatable bonds is 2. The number of thiophene rings is 1. The Kier molecular flexibility index (Phi) is 5.01. The summed E-state index contributed by atoms with van der Waals surface area (Å²) in [6.45, 7) is 0.250. The lowest BCUT2D eigenvalue weighted by atomic mass is 10.1. The largest absolute Gasteiger partial charge is 0.418 e. The molecule has 0 saturated carbocycles. The molecule has 8 heteroatoms. The molecular weight excluding hydrogens is 435 g/mol. The van der Waals surface area contributed by atoms with Crippen molar-refractivity contribution in [2.24, 2.45) is 0 Å². The fourth-order valence-electron chi connectivity index (χ4n) is 4.11. The van der Waals surface area contributed by atoms with E-state index in [-0.39, 0.29) is 12.2 Å². The molecule has 2 amide bonds. The van der Waals surface area contributed by atoms with E-state index in [1.165, 1.54) is 29.5 Å². The topological polar surface area (TPSA) is 37.3 Å². The van der Waals surface area contributed by atoms with Gasteiger partial charge in [-0.1, -0.05) is 36.4 Å². The van der Waals surface area contributed by atoms with Crippen LogP contribution in [0.3, 0.4) is 0 Å². The van der Waals surface area contributed by atoms with Crippen LogP contribution in [0.2, 0.25) is 0 Å². The van der Waals surface area contributed by atoms with E-state index in [1.54, 1.807) is 4.90 Å². The number of para-hydroxylation sites is 2. The normalized spacial score (nSPS) is 15.6. The first-order chi connectivity index (χ1) is 15.4. The van der Waals surface area contributed by atoms with Gasteiger partial charge < -0.3 is 14.8 Å². The second-order valence-electron chi connectivity index (χ2n) is 7.45. The Labute approximate surface area is 186 Å². The van der Waals surface area contributed by atoms with Crippen molar-refractivity contribution >= 4 is 23.1 Å². The number of aromatic nitrogens is 1. The van der Waals surface area contributed by atoms with E-state index in [0.717, 1.165) is 27.9 Å². The van der Waals surface area contributed by atoms with Gasteiger partial charge in [0.15, 0.2) is 0 Å². The van der Waals surface area contributed by atoms with Gasteiger partial charge in [-0.15, -0.1) is 11.3 Å². The SMILES string of the molecule is O=C(Nc1ccccc1C(F)(F)F)N1Cc2ccccc2-n2cccc2[C@@H]1c1cccs1. The molecule has 0 saturated heterocycles. The van der Waals surface area contributed by atoms with Crippen molar-refractivity contribution in [2.45, 2.75) is 18.8 Å². The van der Waals surface area contributed by atoms with Crippen LogP contribution in [0.4, 0.5) is 23.7 Å². The molecule has 2 aromatic carbocycles. The molecule has 4 nitrogen and oxygen atoms in total. The summed E-state index contributed by atoms with van der Waals surface area (Å²) in [5.74, 6) is 0. The number of carbonyl (C=O) groups is 1. The summed E-state index contributed by atoms with van der Waals surface area (Å²) in [5, 5.41) is 4.45. The molecule has 3 heterocycles. The molecular formula is C24H18F3N3OS. The number of carbonyl (C=O) groups excluding carboxylic acids is 1. The summed E-state index contributed by atoms with van der Waals surface area (Å²) in [6.07, 6.45) is -2.63. The van der Waals surface area contributed by atoms with Gasteiger partial charge in [-0.2, -0.15) is 13.2 Å². The average molecular weight is 453 g/mol. The lowest BCUT2D eigenvalue weighted by molar-refractivity contribution is -0.136. The van der Waals surface area contributed by atoms with Gasteiger partial charge in [0.2, 0.25) is 0 Å². The summed E-state index contributed by atoms with van der Waals surface area (Å²) in [4.78, 5) is 16.0. The van der Waals surface area contributed by atoms with E-state index in [1.807, 2.05) is 64.7 Å². The van der Waals surface area contributed by atoms with Crippen molar-refractivity contribution in [2.75, 3.05) is 5.32 Å². The minimum Gasteiger partial charge on any atom is -0.318 e. The molecule has 0 radical (unpaired) electrons. The minimum atomic E-state index is -4.57. The molecule has 1 N–H and O–H groups in total. The van der Waals surface area contributed by atoms with Gasteiger partial charge in [0.05, 0.1) is 29.2 Å². The highest BCUT2D eigenvalue weighted by Gasteiger charge is 2.36. The van der Waals surface area contributed by atoms with Crippen LogP contribution >= 0.6 is 11.3 Å². The first-order valence-corrected chi connectivity index (χ1v) is 10.8. The van der Waals surface area contributed by atoms with E-state index in [2.05, 4.69) is 5.32 Å². The molecule has 162 valence electrons. The quantitative estimate of drug-likeness (QED) is 0.361. The van der Waals surface area contributed by atoms with Gasteiger partial charge in [-0.25, -0.2) is 4.79 Å². The van der Waals surface area contributed by atoms with Gasteiger partial charge in [-0.3, -0.25) is 0 Å². The van der Waals surface area contributed by atoms with Crippen LogP contribution < -0.4 is 5.32 Å². The minimum absolute atomic E-state index is 0.250. The Balaban J connectivity index is 1.60. The third kappa shape index (κ3) is 3.56. The van der Waals surface area contributed by atoms with Crippen molar-refractivity contribution in [1.82, 2.24) is 9.47 Å². The number of hydrogen-bond donors (Lipinski definition) is 1. The van der Waals surface area contributed by atoms with Crippen LogP contribution in [0.1, 0.15) is 27.7 Å². The Hall–Kier alpha value is -3.52. The van der Waals surface area contributed by atoms with Crippen molar-refractivity contribution in [3.05, 3.63) is 106 Å². The van der Waals surface area contributed by atoms with Gasteiger partial charge in [0.1, 0.15) is 6.04 Å². The van der Waals surface area contributed by atoms with Crippen molar-refractivity contribution in [3.63, 3.8) is 0 Å². The predicted molar refractivity (Wildman–Crippen MR) is 118 cm³/mol. The maximum Gasteiger partial charge on any atom is 0.418 e. The first kappa shape index (κ1) is 20.4. The Morgan fingerprint density at radius 2 is 1.75 bits per heavy atom. The fourth-order valence-corrected chi connectivity index (χ4v) is 4.96. The van der Waals surface area contributed by atoms with Crippen molar-refractivity contribution in [3.8, 4) is 5.69 Å². The molecule has 0 bridgehead atoms. The van der Waals surface area contributed by atoms with E-state index in [9.17, 15) is 18.0 Å². The fraction of sp³-hybridized carbons (Fsp3) is 0.125. The van der Waals surface area contributed by atoms with Gasteiger partial charge >= 0.3 is 12.2 Å². The second kappa shape index (κ2) is 7.87. The molecule has 5 rings (SSSR count). The van der Waals surface area contributed by atoms with Gasteiger partial charge in [0, 0.05) is 11.1 Å². The maximum absolute atomic E-state index is 13.5. The average Bonchev–Trinajstić information content (AvgIpc) is 3.44. The molecule has 1 atom stereocenters. The number of hydrogen-bond acceptors (Lipinski definition) is 2. The molecule has 2 aromatic heterocycles. The number of halogens is 3. The summed E-state index contributed by atoms with van der Waals surface area (Å²) >= 11 is 1.50. The zero-order valence-electron chi connectivity index (χ0n) is 16.7. The zero-order chi connectivity index (χ0) is 22.3. The van der Waals surface area contributed by atoms with Crippen LogP contribution in [0, 0.1) is 0 Å². The van der Waals surface area contributed by atoms with E-state index in [4.69, 9.17) is 0 Å². The van der Waals surface area contributed by atoms with Crippen LogP contribution in [-0.4, -0.2) is 15.5 Å². The Morgan fingerprint density at radius 1 is 0.969 bits per heavy atom. The highest BCUT2D eigenvalue weighted by atomic mass is 32.1. The van der Waals surface area contributed by atoms with Crippen LogP contribution in [-0.2, 0) is 12.7 Å². The maximum atomic E-state index is 13.5. The highest BCUT2D eigenvalue weighted by Crippen LogP contribution is 2.39. The third-order valence-electron chi connectivity index (χ3n) is 5.51. The number of nitrogens with zero attached hydrogens (tertiary/aromatic N) is 2. The number of fused-ring (bicyclic) bond motifs is 3. The number of nitrogens with one attached hydrogen (secondary N) is 1. The molecule has 4 aromatic rings. The van der Waals surface area contributed by atoms with E-state index >= 15 is 0 Å². The molecule has 1 aliphatic rings. The number of alkyl halides is 3. The molecule has 0 aliphatic carbocycles. The lowest BCUT2D eigenvalue weighted by Crippen LogP contribution is -2.38. The summed E-state index contributed by atoms with van der Waals surface area (Å²) in [6, 6.07) is 19.4. The second-order valence-corrected chi connectivity index (χ2v) is 8.43. The molecule has 0 fully saturated rings. The number of amides is 2. The van der Waals surface area contributed by atoms with Gasteiger partial charge in [0.25, 0.3) is 0 Å². The number of anilines is 1. The summed E-state index contributed by atoms with van der Waals surface area (Å²) in [5.41, 5.74) is 1.59. The van der Waals surface area contributed by atoms with E-state index in [0.29, 0.717) is 0 Å². The van der Waals surface area contributed by atoms with Gasteiger partial charge in [-0.05, 0) is 47.3 Å². The summed E-state index contributed by atoms with van der Waals surface area (Å²) < 4.78 is 42.5. The van der Waals surface area contributed by atoms with Crippen molar-refractivity contribution in [1.29, 1.82) is 0 Å². The van der Waals surface area contributed by atoms with Crippen LogP contribution in [0.25, 0.3) is 5.69 Å². The van der Waals surface area contributed by atoms with Crippen LogP contribution in [0.5, 0.6) is 0 Å². The third-order valence-corrected chi connectivity index (χ3v) is 6.44. The molecule has 0 spiro atoms. The van der Waals surface area contributed by atoms with Crippen LogP contribution in [0.15, 0.2) is 84.4 Å². The number of urea groups is 1. The first-order valence-electron chi connectivity index (χ1n) is 9.96. The number of benzene rings is 2. The highest BCUT2D eigenvalue weighted by molar-refractivity contribution is 7.10. The predicted octanol–water partition coefficient (Wildman–Crippen LogP) is 6.69. The Bertz CT molecular complexity index is 1260. The van der Waals surface area contributed by atoms with Crippen molar-refractivity contribution < 1.29 is 18.0 Å². The summed E-state index contributed by atoms with van der Waals surface area (Å²) in [7, 11) is 0. The lowest BCUT2D eigenvalue weighted by Gasteiger charge is -2.30. The Morgan fingerprint density at radius 3 is 2.53 bits per heavy atom. The zero-order valence-corrected chi connectivity index (χ0v) is 17.5. The molecule has 32 heavy (non-hydrogen) atoms. The smallest absolute Gasteiger partial charge is 0.318 e. The van der Waals surface area contributed by atoms with E-state index < -0.39 is 23.8 Å². The monoisotopic (exact) mass is 453 g/mol. The standard InChI is InChI=1S/C24H18F3N3OS/c25-24(26,27)17-8-2-3-9-18(17)28-23(31)30-15-16-7-1-4-10-19(16)29-13-5-11-20(29)22(30)21-12-6-14-32-21/h1-14,22H,15H2,(H,28,31)/t22-/m1/s1. The molecule has 1 aliphatic heterocycles.